The maximum absolute atomic E-state index is 11.9. The van der Waals surface area contributed by atoms with Gasteiger partial charge >= 0.3 is 0 Å². The van der Waals surface area contributed by atoms with Crippen molar-refractivity contribution in [2.75, 3.05) is 6.61 Å². The van der Waals surface area contributed by atoms with E-state index in [0.29, 0.717) is 18.9 Å². The Hall–Kier alpha value is -0.370. The summed E-state index contributed by atoms with van der Waals surface area (Å²) >= 11 is 0. The summed E-state index contributed by atoms with van der Waals surface area (Å²) < 4.78 is 5.52. The number of ketones is 1. The third-order valence-corrected chi connectivity index (χ3v) is 2.68. The van der Waals surface area contributed by atoms with Gasteiger partial charge in [0.2, 0.25) is 0 Å². The van der Waals surface area contributed by atoms with Gasteiger partial charge in [-0.2, -0.15) is 0 Å². The molecule has 0 aromatic carbocycles. The zero-order valence-corrected chi connectivity index (χ0v) is 10.2. The van der Waals surface area contributed by atoms with Gasteiger partial charge in [-0.3, -0.25) is 4.79 Å². The molecule has 0 N–H and O–H groups in total. The SMILES string of the molecule is CCOC(C)(CC)C(=O)CCC(C)C. The van der Waals surface area contributed by atoms with Crippen molar-refractivity contribution in [1.29, 1.82) is 0 Å². The highest BCUT2D eigenvalue weighted by molar-refractivity contribution is 5.86. The molecule has 0 radical (unpaired) electrons. The minimum atomic E-state index is -0.552. The van der Waals surface area contributed by atoms with Gasteiger partial charge in [0.05, 0.1) is 0 Å². The van der Waals surface area contributed by atoms with E-state index in [-0.39, 0.29) is 5.78 Å². The van der Waals surface area contributed by atoms with Gasteiger partial charge in [-0.05, 0) is 32.6 Å². The quantitative estimate of drug-likeness (QED) is 0.631. The van der Waals surface area contributed by atoms with Crippen molar-refractivity contribution in [2.24, 2.45) is 5.92 Å². The summed E-state index contributed by atoms with van der Waals surface area (Å²) in [4.78, 5) is 11.9. The zero-order valence-electron chi connectivity index (χ0n) is 10.2. The van der Waals surface area contributed by atoms with Crippen molar-refractivity contribution in [1.82, 2.24) is 0 Å². The smallest absolute Gasteiger partial charge is 0.164 e. The van der Waals surface area contributed by atoms with E-state index >= 15 is 0 Å². The molecule has 2 heteroatoms. The van der Waals surface area contributed by atoms with Crippen LogP contribution in [0.1, 0.15) is 53.9 Å². The third-order valence-electron chi connectivity index (χ3n) is 2.68. The summed E-state index contributed by atoms with van der Waals surface area (Å²) in [7, 11) is 0. The highest BCUT2D eigenvalue weighted by Crippen LogP contribution is 2.20. The van der Waals surface area contributed by atoms with Crippen LogP contribution in [0.5, 0.6) is 0 Å². The molecule has 0 saturated carbocycles. The van der Waals surface area contributed by atoms with Crippen LogP contribution in [0.2, 0.25) is 0 Å². The van der Waals surface area contributed by atoms with Gasteiger partial charge in [-0.1, -0.05) is 20.8 Å². The van der Waals surface area contributed by atoms with Crippen molar-refractivity contribution >= 4 is 5.78 Å². The average molecular weight is 200 g/mol. The van der Waals surface area contributed by atoms with Crippen LogP contribution in [0.15, 0.2) is 0 Å². The molecular weight excluding hydrogens is 176 g/mol. The number of Topliss-reactive ketones (excluding diaryl/α,β-unsaturated/α-hetero) is 1. The number of carbonyl (C=O) groups is 1. The van der Waals surface area contributed by atoms with E-state index in [4.69, 9.17) is 4.74 Å². The van der Waals surface area contributed by atoms with Gasteiger partial charge in [0.25, 0.3) is 0 Å². The molecule has 0 bridgehead atoms. The van der Waals surface area contributed by atoms with E-state index in [1.165, 1.54) is 0 Å². The lowest BCUT2D eigenvalue weighted by atomic mass is 9.92. The zero-order chi connectivity index (χ0) is 11.2. The molecule has 84 valence electrons. The lowest BCUT2D eigenvalue weighted by molar-refractivity contribution is -0.142. The lowest BCUT2D eigenvalue weighted by Crippen LogP contribution is -2.37. The second kappa shape index (κ2) is 6.18. The first-order valence-electron chi connectivity index (χ1n) is 5.63. The molecule has 0 aliphatic rings. The summed E-state index contributed by atoms with van der Waals surface area (Å²) in [5.74, 6) is 0.831. The molecule has 0 saturated heterocycles. The predicted octanol–water partition coefficient (Wildman–Crippen LogP) is 3.20. The molecule has 0 amide bonds. The Morgan fingerprint density at radius 1 is 1.36 bits per heavy atom. The van der Waals surface area contributed by atoms with Crippen LogP contribution in [0.4, 0.5) is 0 Å². The molecule has 0 aliphatic heterocycles. The first kappa shape index (κ1) is 13.6. The van der Waals surface area contributed by atoms with E-state index in [9.17, 15) is 4.79 Å². The average Bonchev–Trinajstić information content (AvgIpc) is 2.14. The molecule has 0 aliphatic carbocycles. The highest BCUT2D eigenvalue weighted by atomic mass is 16.5. The van der Waals surface area contributed by atoms with Gasteiger partial charge < -0.3 is 4.74 Å². The molecule has 1 atom stereocenters. The van der Waals surface area contributed by atoms with E-state index in [0.717, 1.165) is 12.8 Å². The number of carbonyl (C=O) groups excluding carboxylic acids is 1. The molecule has 0 fully saturated rings. The molecule has 0 heterocycles. The maximum Gasteiger partial charge on any atom is 0.164 e. The summed E-state index contributed by atoms with van der Waals surface area (Å²) in [6.07, 6.45) is 2.36. The van der Waals surface area contributed by atoms with Crippen LogP contribution in [0.3, 0.4) is 0 Å². The van der Waals surface area contributed by atoms with Gasteiger partial charge in [-0.25, -0.2) is 0 Å². The van der Waals surface area contributed by atoms with E-state index in [1.807, 2.05) is 20.8 Å². The van der Waals surface area contributed by atoms with E-state index < -0.39 is 5.60 Å². The van der Waals surface area contributed by atoms with E-state index in [2.05, 4.69) is 13.8 Å². The fraction of sp³-hybridized carbons (Fsp3) is 0.917. The summed E-state index contributed by atoms with van der Waals surface area (Å²) in [5.41, 5.74) is -0.552. The minimum Gasteiger partial charge on any atom is -0.368 e. The van der Waals surface area contributed by atoms with E-state index in [1.54, 1.807) is 0 Å². The Bertz CT molecular complexity index is 175. The van der Waals surface area contributed by atoms with Crippen molar-refractivity contribution in [3.63, 3.8) is 0 Å². The Morgan fingerprint density at radius 3 is 2.29 bits per heavy atom. The van der Waals surface area contributed by atoms with Crippen molar-refractivity contribution in [3.05, 3.63) is 0 Å². The molecular formula is C12H24O2. The summed E-state index contributed by atoms with van der Waals surface area (Å²) in [6, 6.07) is 0. The van der Waals surface area contributed by atoms with Crippen molar-refractivity contribution < 1.29 is 9.53 Å². The Morgan fingerprint density at radius 2 is 1.93 bits per heavy atom. The summed E-state index contributed by atoms with van der Waals surface area (Å²) in [5, 5.41) is 0. The number of ether oxygens (including phenoxy) is 1. The van der Waals surface area contributed by atoms with Crippen molar-refractivity contribution in [3.8, 4) is 0 Å². The Labute approximate surface area is 88.0 Å². The Balaban J connectivity index is 4.16. The molecule has 0 spiro atoms. The van der Waals surface area contributed by atoms with Crippen LogP contribution in [0.25, 0.3) is 0 Å². The largest absolute Gasteiger partial charge is 0.368 e. The maximum atomic E-state index is 11.9. The van der Waals surface area contributed by atoms with Crippen LogP contribution >= 0.6 is 0 Å². The number of hydrogen-bond donors (Lipinski definition) is 0. The van der Waals surface area contributed by atoms with Gasteiger partial charge in [-0.15, -0.1) is 0 Å². The van der Waals surface area contributed by atoms with Gasteiger partial charge in [0.15, 0.2) is 5.78 Å². The molecule has 0 aromatic rings. The molecule has 14 heavy (non-hydrogen) atoms. The number of hydrogen-bond acceptors (Lipinski definition) is 2. The molecule has 1 unspecified atom stereocenters. The monoisotopic (exact) mass is 200 g/mol. The standard InChI is InChI=1S/C12H24O2/c1-6-12(5,14-7-2)11(13)9-8-10(3)4/h10H,6-9H2,1-5H3. The van der Waals surface area contributed by atoms with Crippen molar-refractivity contribution in [2.45, 2.75) is 59.5 Å². The highest BCUT2D eigenvalue weighted by Gasteiger charge is 2.30. The van der Waals surface area contributed by atoms with Crippen LogP contribution < -0.4 is 0 Å². The topological polar surface area (TPSA) is 26.3 Å². The third kappa shape index (κ3) is 4.23. The Kier molecular flexibility index (Phi) is 6.01. The fourth-order valence-corrected chi connectivity index (χ4v) is 1.38. The predicted molar refractivity (Wildman–Crippen MR) is 59.4 cm³/mol. The molecule has 0 rings (SSSR count). The van der Waals surface area contributed by atoms with Gasteiger partial charge in [0.1, 0.15) is 5.60 Å². The fourth-order valence-electron chi connectivity index (χ4n) is 1.38. The molecule has 2 nitrogen and oxygen atoms in total. The second-order valence-corrected chi connectivity index (χ2v) is 4.37. The van der Waals surface area contributed by atoms with Crippen LogP contribution in [0, 0.1) is 5.92 Å². The first-order chi connectivity index (χ1) is 6.46. The van der Waals surface area contributed by atoms with Crippen LogP contribution in [-0.4, -0.2) is 18.0 Å². The minimum absolute atomic E-state index is 0.246. The first-order valence-corrected chi connectivity index (χ1v) is 5.63. The normalized spacial score (nSPS) is 15.6. The van der Waals surface area contributed by atoms with Gasteiger partial charge in [0, 0.05) is 13.0 Å². The second-order valence-electron chi connectivity index (χ2n) is 4.37. The molecule has 0 aromatic heterocycles. The summed E-state index contributed by atoms with van der Waals surface area (Å²) in [6.45, 7) is 10.7. The van der Waals surface area contributed by atoms with Crippen LogP contribution in [-0.2, 0) is 9.53 Å². The number of rotatable bonds is 7. The lowest BCUT2D eigenvalue weighted by Gasteiger charge is -2.26.